The lowest BCUT2D eigenvalue weighted by molar-refractivity contribution is -0.167. The van der Waals surface area contributed by atoms with Crippen molar-refractivity contribution in [1.82, 2.24) is 0 Å². The summed E-state index contributed by atoms with van der Waals surface area (Å²) < 4.78 is 10.1. The van der Waals surface area contributed by atoms with Gasteiger partial charge in [0, 0.05) is 6.61 Å². The summed E-state index contributed by atoms with van der Waals surface area (Å²) >= 11 is 0. The molecule has 13 heavy (non-hydrogen) atoms. The Hall–Kier alpha value is -0.610. The molecule has 1 heterocycles. The van der Waals surface area contributed by atoms with Crippen LogP contribution in [0.3, 0.4) is 0 Å². The first-order valence-corrected chi connectivity index (χ1v) is 4.61. The van der Waals surface area contributed by atoms with Gasteiger partial charge in [-0.3, -0.25) is 4.79 Å². The highest BCUT2D eigenvalue weighted by Gasteiger charge is 2.41. The van der Waals surface area contributed by atoms with Crippen LogP contribution in [0.15, 0.2) is 0 Å². The van der Waals surface area contributed by atoms with E-state index in [1.165, 1.54) is 0 Å². The van der Waals surface area contributed by atoms with E-state index in [0.717, 1.165) is 6.42 Å². The number of rotatable bonds is 3. The second-order valence-electron chi connectivity index (χ2n) is 3.32. The molecule has 0 aromatic rings. The first kappa shape index (κ1) is 10.5. The average Bonchev–Trinajstić information content (AvgIpc) is 2.19. The summed E-state index contributed by atoms with van der Waals surface area (Å²) in [7, 11) is 0. The predicted octanol–water partition coefficient (Wildman–Crippen LogP) is 0.339. The second-order valence-corrected chi connectivity index (χ2v) is 3.32. The van der Waals surface area contributed by atoms with Crippen molar-refractivity contribution in [2.75, 3.05) is 26.4 Å². The van der Waals surface area contributed by atoms with E-state index >= 15 is 0 Å². The fourth-order valence-corrected chi connectivity index (χ4v) is 1.49. The average molecular weight is 188 g/mol. The number of carbonyl (C=O) groups excluding carboxylic acids is 1. The predicted molar refractivity (Wildman–Crippen MR) is 46.2 cm³/mol. The summed E-state index contributed by atoms with van der Waals surface area (Å²) in [6.45, 7) is 2.86. The Kier molecular flexibility index (Phi) is 3.69. The summed E-state index contributed by atoms with van der Waals surface area (Å²) in [6.07, 6.45) is 1.46. The molecule has 1 N–H and O–H groups in total. The Bertz CT molecular complexity index is 172. The van der Waals surface area contributed by atoms with Gasteiger partial charge in [0.25, 0.3) is 0 Å². The summed E-state index contributed by atoms with van der Waals surface area (Å²) in [4.78, 5) is 11.5. The molecule has 76 valence electrons. The maximum atomic E-state index is 11.5. The molecule has 1 saturated heterocycles. The molecule has 0 aromatic heterocycles. The van der Waals surface area contributed by atoms with Gasteiger partial charge >= 0.3 is 5.97 Å². The van der Waals surface area contributed by atoms with E-state index in [1.807, 2.05) is 0 Å². The maximum Gasteiger partial charge on any atom is 0.316 e. The van der Waals surface area contributed by atoms with Crippen molar-refractivity contribution in [3.8, 4) is 0 Å². The van der Waals surface area contributed by atoms with Crippen LogP contribution >= 0.6 is 0 Å². The van der Waals surface area contributed by atoms with Crippen LogP contribution in [0.4, 0.5) is 0 Å². The van der Waals surface area contributed by atoms with Gasteiger partial charge in [0.1, 0.15) is 5.41 Å². The van der Waals surface area contributed by atoms with Crippen LogP contribution < -0.4 is 0 Å². The van der Waals surface area contributed by atoms with E-state index in [4.69, 9.17) is 14.6 Å². The third-order valence-corrected chi connectivity index (χ3v) is 2.33. The van der Waals surface area contributed by atoms with Crippen LogP contribution in [0.5, 0.6) is 0 Å². The van der Waals surface area contributed by atoms with Gasteiger partial charge in [-0.2, -0.15) is 0 Å². The molecule has 0 unspecified atom stereocenters. The molecular formula is C9H16O4. The number of esters is 1. The van der Waals surface area contributed by atoms with Gasteiger partial charge in [-0.1, -0.05) is 0 Å². The number of hydrogen-bond donors (Lipinski definition) is 1. The molecular weight excluding hydrogens is 172 g/mol. The third-order valence-electron chi connectivity index (χ3n) is 2.33. The van der Waals surface area contributed by atoms with Gasteiger partial charge in [0.05, 0.1) is 19.8 Å². The Morgan fingerprint density at radius 2 is 2.46 bits per heavy atom. The van der Waals surface area contributed by atoms with E-state index in [1.54, 1.807) is 6.92 Å². The Labute approximate surface area is 77.8 Å². The third kappa shape index (κ3) is 2.19. The maximum absolute atomic E-state index is 11.5. The molecule has 1 rings (SSSR count). The van der Waals surface area contributed by atoms with Crippen LogP contribution in [0.2, 0.25) is 0 Å². The van der Waals surface area contributed by atoms with E-state index in [2.05, 4.69) is 0 Å². The fraction of sp³-hybridized carbons (Fsp3) is 0.889. The Balaban J connectivity index is 2.61. The molecule has 1 aliphatic heterocycles. The lowest BCUT2D eigenvalue weighted by Crippen LogP contribution is -2.43. The number of ether oxygens (including phenoxy) is 2. The smallest absolute Gasteiger partial charge is 0.316 e. The van der Waals surface area contributed by atoms with Crippen molar-refractivity contribution in [2.45, 2.75) is 19.8 Å². The van der Waals surface area contributed by atoms with Crippen LogP contribution in [-0.2, 0) is 14.3 Å². The zero-order valence-corrected chi connectivity index (χ0v) is 7.91. The molecule has 1 atom stereocenters. The molecule has 1 fully saturated rings. The van der Waals surface area contributed by atoms with Crippen molar-refractivity contribution in [3.63, 3.8) is 0 Å². The van der Waals surface area contributed by atoms with Gasteiger partial charge in [0.15, 0.2) is 0 Å². The van der Waals surface area contributed by atoms with Gasteiger partial charge in [0.2, 0.25) is 0 Å². The molecule has 4 nitrogen and oxygen atoms in total. The lowest BCUT2D eigenvalue weighted by Gasteiger charge is -2.32. The van der Waals surface area contributed by atoms with Crippen LogP contribution in [0.1, 0.15) is 19.8 Å². The van der Waals surface area contributed by atoms with Gasteiger partial charge < -0.3 is 14.6 Å². The van der Waals surface area contributed by atoms with E-state index in [0.29, 0.717) is 19.6 Å². The van der Waals surface area contributed by atoms with Crippen molar-refractivity contribution in [2.24, 2.45) is 5.41 Å². The fourth-order valence-electron chi connectivity index (χ4n) is 1.49. The van der Waals surface area contributed by atoms with Crippen LogP contribution in [0, 0.1) is 5.41 Å². The minimum absolute atomic E-state index is 0.189. The normalized spacial score (nSPS) is 28.5. The summed E-state index contributed by atoms with van der Waals surface area (Å²) in [5.74, 6) is -0.336. The quantitative estimate of drug-likeness (QED) is 0.649. The van der Waals surface area contributed by atoms with Crippen molar-refractivity contribution in [3.05, 3.63) is 0 Å². The Morgan fingerprint density at radius 3 is 2.92 bits per heavy atom. The van der Waals surface area contributed by atoms with Gasteiger partial charge in [-0.15, -0.1) is 0 Å². The molecule has 0 bridgehead atoms. The molecule has 0 aromatic carbocycles. The zero-order chi connectivity index (χ0) is 9.73. The molecule has 0 radical (unpaired) electrons. The number of carbonyl (C=O) groups is 1. The summed E-state index contributed by atoms with van der Waals surface area (Å²) in [6, 6.07) is 0. The highest BCUT2D eigenvalue weighted by atomic mass is 16.5. The highest BCUT2D eigenvalue weighted by Crippen LogP contribution is 2.29. The first-order chi connectivity index (χ1) is 6.25. The largest absolute Gasteiger partial charge is 0.465 e. The summed E-state index contributed by atoms with van der Waals surface area (Å²) in [5, 5.41) is 9.16. The van der Waals surface area contributed by atoms with Crippen molar-refractivity contribution in [1.29, 1.82) is 0 Å². The molecule has 4 heteroatoms. The van der Waals surface area contributed by atoms with Crippen LogP contribution in [0.25, 0.3) is 0 Å². The minimum atomic E-state index is -0.797. The van der Waals surface area contributed by atoms with Crippen molar-refractivity contribution >= 4 is 5.97 Å². The minimum Gasteiger partial charge on any atom is -0.465 e. The number of hydrogen-bond acceptors (Lipinski definition) is 4. The zero-order valence-electron chi connectivity index (χ0n) is 7.91. The van der Waals surface area contributed by atoms with E-state index in [-0.39, 0.29) is 19.2 Å². The van der Waals surface area contributed by atoms with Gasteiger partial charge in [-0.25, -0.2) is 0 Å². The SMILES string of the molecule is CCOC(=O)[C@]1(CO)CCCOC1. The van der Waals surface area contributed by atoms with E-state index < -0.39 is 5.41 Å². The van der Waals surface area contributed by atoms with Crippen LogP contribution in [-0.4, -0.2) is 37.5 Å². The second kappa shape index (κ2) is 4.58. The lowest BCUT2D eigenvalue weighted by atomic mass is 9.83. The molecule has 0 aliphatic carbocycles. The topological polar surface area (TPSA) is 55.8 Å². The molecule has 0 saturated carbocycles. The molecule has 0 spiro atoms. The highest BCUT2D eigenvalue weighted by molar-refractivity contribution is 5.77. The summed E-state index contributed by atoms with van der Waals surface area (Å²) in [5.41, 5.74) is -0.797. The number of aliphatic hydroxyl groups is 1. The monoisotopic (exact) mass is 188 g/mol. The standard InChI is InChI=1S/C9H16O4/c1-2-13-8(11)9(6-10)4-3-5-12-7-9/h10H,2-7H2,1H3/t9-/m0/s1. The van der Waals surface area contributed by atoms with E-state index in [9.17, 15) is 4.79 Å². The molecule has 1 aliphatic rings. The number of aliphatic hydroxyl groups excluding tert-OH is 1. The Morgan fingerprint density at radius 1 is 1.69 bits per heavy atom. The molecule has 0 amide bonds. The first-order valence-electron chi connectivity index (χ1n) is 4.61. The van der Waals surface area contributed by atoms with Crippen molar-refractivity contribution < 1.29 is 19.4 Å². The van der Waals surface area contributed by atoms with Gasteiger partial charge in [-0.05, 0) is 19.8 Å².